The van der Waals surface area contributed by atoms with Crippen molar-refractivity contribution < 1.29 is 4.74 Å². The number of nitrogens with zero attached hydrogens (tertiary/aromatic N) is 2. The highest BCUT2D eigenvalue weighted by Gasteiger charge is 2.11. The summed E-state index contributed by atoms with van der Waals surface area (Å²) in [5, 5.41) is 0.666. The van der Waals surface area contributed by atoms with Crippen molar-refractivity contribution in [3.8, 4) is 0 Å². The minimum Gasteiger partial charge on any atom is -0.385 e. The molecule has 5 heteroatoms. The first-order chi connectivity index (χ1) is 8.27. The third-order valence-corrected chi connectivity index (χ3v) is 3.20. The van der Waals surface area contributed by atoms with Gasteiger partial charge in [0.25, 0.3) is 0 Å². The van der Waals surface area contributed by atoms with Crippen LogP contribution >= 0.6 is 23.2 Å². The molecule has 0 radical (unpaired) electrons. The minimum absolute atomic E-state index is 0.387. The van der Waals surface area contributed by atoms with Crippen molar-refractivity contribution in [1.82, 2.24) is 9.55 Å². The summed E-state index contributed by atoms with van der Waals surface area (Å²) in [7, 11) is 1.70. The van der Waals surface area contributed by atoms with Gasteiger partial charge in [-0.05, 0) is 18.6 Å². The summed E-state index contributed by atoms with van der Waals surface area (Å²) in [6.07, 6.45) is 0.929. The van der Waals surface area contributed by atoms with Gasteiger partial charge < -0.3 is 9.30 Å². The van der Waals surface area contributed by atoms with Crippen molar-refractivity contribution in [2.45, 2.75) is 18.8 Å². The lowest BCUT2D eigenvalue weighted by atomic mass is 10.3. The Labute approximate surface area is 110 Å². The number of hydrogen-bond acceptors (Lipinski definition) is 2. The van der Waals surface area contributed by atoms with E-state index in [-0.39, 0.29) is 0 Å². The van der Waals surface area contributed by atoms with Crippen molar-refractivity contribution in [2.24, 2.45) is 0 Å². The fourth-order valence-corrected chi connectivity index (χ4v) is 2.30. The van der Waals surface area contributed by atoms with Crippen LogP contribution in [0.2, 0.25) is 5.02 Å². The number of rotatable bonds is 5. The second kappa shape index (κ2) is 5.71. The van der Waals surface area contributed by atoms with Crippen molar-refractivity contribution in [3.63, 3.8) is 0 Å². The number of imidazole rings is 1. The van der Waals surface area contributed by atoms with E-state index in [2.05, 4.69) is 9.55 Å². The number of aryl methyl sites for hydroxylation is 1. The van der Waals surface area contributed by atoms with Gasteiger partial charge in [-0.1, -0.05) is 17.7 Å². The Morgan fingerprint density at radius 3 is 2.94 bits per heavy atom. The van der Waals surface area contributed by atoms with Crippen LogP contribution in [0, 0.1) is 0 Å². The zero-order valence-electron chi connectivity index (χ0n) is 9.62. The van der Waals surface area contributed by atoms with Gasteiger partial charge in [0.15, 0.2) is 0 Å². The van der Waals surface area contributed by atoms with Gasteiger partial charge in [-0.15, -0.1) is 11.6 Å². The van der Waals surface area contributed by atoms with Gasteiger partial charge in [-0.25, -0.2) is 4.98 Å². The second-order valence-electron chi connectivity index (χ2n) is 3.77. The van der Waals surface area contributed by atoms with Gasteiger partial charge in [0.1, 0.15) is 11.3 Å². The van der Waals surface area contributed by atoms with E-state index in [1.165, 1.54) is 0 Å². The number of ether oxygens (including phenoxy) is 1. The second-order valence-corrected chi connectivity index (χ2v) is 4.44. The molecule has 0 amide bonds. The Kier molecular flexibility index (Phi) is 4.26. The third-order valence-electron chi connectivity index (χ3n) is 2.66. The zero-order valence-corrected chi connectivity index (χ0v) is 11.1. The highest BCUT2D eigenvalue weighted by atomic mass is 35.5. The molecule has 0 saturated carbocycles. The molecule has 92 valence electrons. The molecule has 0 spiro atoms. The van der Waals surface area contributed by atoms with Crippen molar-refractivity contribution in [3.05, 3.63) is 29.0 Å². The molecule has 0 unspecified atom stereocenters. The third kappa shape index (κ3) is 2.57. The molecule has 0 saturated heterocycles. The first-order valence-electron chi connectivity index (χ1n) is 5.46. The highest BCUT2D eigenvalue weighted by molar-refractivity contribution is 6.34. The van der Waals surface area contributed by atoms with E-state index in [0.29, 0.717) is 10.9 Å². The van der Waals surface area contributed by atoms with Gasteiger partial charge >= 0.3 is 0 Å². The smallest absolute Gasteiger partial charge is 0.124 e. The lowest BCUT2D eigenvalue weighted by Crippen LogP contribution is -2.04. The van der Waals surface area contributed by atoms with Gasteiger partial charge in [-0.2, -0.15) is 0 Å². The predicted molar refractivity (Wildman–Crippen MR) is 70.8 cm³/mol. The molecule has 2 aromatic rings. The summed E-state index contributed by atoms with van der Waals surface area (Å²) >= 11 is 12.0. The molecule has 0 fully saturated rings. The molecule has 1 heterocycles. The molecule has 0 aliphatic carbocycles. The number of para-hydroxylation sites is 1. The van der Waals surface area contributed by atoms with E-state index >= 15 is 0 Å². The molecule has 2 rings (SSSR count). The number of methoxy groups -OCH3 is 1. The Morgan fingerprint density at radius 2 is 2.24 bits per heavy atom. The van der Waals surface area contributed by atoms with E-state index in [1.807, 2.05) is 18.2 Å². The van der Waals surface area contributed by atoms with Crippen LogP contribution in [0.15, 0.2) is 18.2 Å². The number of alkyl halides is 1. The first kappa shape index (κ1) is 12.7. The molecule has 17 heavy (non-hydrogen) atoms. The van der Waals surface area contributed by atoms with E-state index in [9.17, 15) is 0 Å². The summed E-state index contributed by atoms with van der Waals surface area (Å²) in [6, 6.07) is 5.78. The topological polar surface area (TPSA) is 27.1 Å². The maximum Gasteiger partial charge on any atom is 0.124 e. The van der Waals surface area contributed by atoms with Gasteiger partial charge in [0.2, 0.25) is 0 Å². The first-order valence-corrected chi connectivity index (χ1v) is 6.37. The lowest BCUT2D eigenvalue weighted by Gasteiger charge is -2.06. The van der Waals surface area contributed by atoms with Crippen molar-refractivity contribution in [2.75, 3.05) is 13.7 Å². The molecule has 0 atom stereocenters. The fourth-order valence-electron chi connectivity index (χ4n) is 1.88. The van der Waals surface area contributed by atoms with E-state index in [1.54, 1.807) is 7.11 Å². The molecule has 0 N–H and O–H groups in total. The molecular weight excluding hydrogens is 259 g/mol. The molecule has 0 bridgehead atoms. The zero-order chi connectivity index (χ0) is 12.3. The predicted octanol–water partition coefficient (Wildman–Crippen LogP) is 3.47. The van der Waals surface area contributed by atoms with Crippen LogP contribution in [-0.2, 0) is 17.2 Å². The van der Waals surface area contributed by atoms with E-state index in [0.717, 1.165) is 36.4 Å². The van der Waals surface area contributed by atoms with Crippen molar-refractivity contribution in [1.29, 1.82) is 0 Å². The Morgan fingerprint density at radius 1 is 1.41 bits per heavy atom. The van der Waals surface area contributed by atoms with Crippen LogP contribution in [0.4, 0.5) is 0 Å². The quantitative estimate of drug-likeness (QED) is 0.616. The maximum absolute atomic E-state index is 6.12. The van der Waals surface area contributed by atoms with Crippen molar-refractivity contribution >= 4 is 34.2 Å². The van der Waals surface area contributed by atoms with Crippen LogP contribution in [0.1, 0.15) is 12.2 Å². The summed E-state index contributed by atoms with van der Waals surface area (Å²) in [5.41, 5.74) is 1.85. The summed E-state index contributed by atoms with van der Waals surface area (Å²) < 4.78 is 7.16. The normalized spacial score (nSPS) is 11.2. The molecule has 3 nitrogen and oxygen atoms in total. The van der Waals surface area contributed by atoms with Crippen LogP contribution in [-0.4, -0.2) is 23.3 Å². The summed E-state index contributed by atoms with van der Waals surface area (Å²) in [6.45, 7) is 1.56. The number of aromatic nitrogens is 2. The molecular formula is C12H14Cl2N2O. The number of halogens is 2. The Balaban J connectivity index is 2.40. The largest absolute Gasteiger partial charge is 0.385 e. The van der Waals surface area contributed by atoms with Gasteiger partial charge in [0.05, 0.1) is 16.4 Å². The van der Waals surface area contributed by atoms with Crippen LogP contribution < -0.4 is 0 Å². The van der Waals surface area contributed by atoms with Gasteiger partial charge in [0, 0.05) is 20.3 Å². The SMILES string of the molecule is COCCCn1c(CCl)nc2c(Cl)cccc21. The molecule has 0 aliphatic rings. The van der Waals surface area contributed by atoms with Gasteiger partial charge in [-0.3, -0.25) is 0 Å². The average molecular weight is 273 g/mol. The Hall–Kier alpha value is -0.770. The molecule has 1 aromatic heterocycles. The Bertz CT molecular complexity index is 510. The highest BCUT2D eigenvalue weighted by Crippen LogP contribution is 2.24. The fraction of sp³-hybridized carbons (Fsp3) is 0.417. The summed E-state index contributed by atoms with van der Waals surface area (Å²) in [5.74, 6) is 1.24. The molecule has 0 aliphatic heterocycles. The average Bonchev–Trinajstić information content (AvgIpc) is 2.70. The summed E-state index contributed by atoms with van der Waals surface area (Å²) in [4.78, 5) is 4.47. The number of benzene rings is 1. The monoisotopic (exact) mass is 272 g/mol. The minimum atomic E-state index is 0.387. The number of hydrogen-bond donors (Lipinski definition) is 0. The van der Waals surface area contributed by atoms with E-state index < -0.39 is 0 Å². The standard InChI is InChI=1S/C12H14Cl2N2O/c1-17-7-3-6-16-10-5-2-4-9(14)12(10)15-11(16)8-13/h2,4-5H,3,6-8H2,1H3. The van der Waals surface area contributed by atoms with E-state index in [4.69, 9.17) is 27.9 Å². The van der Waals surface area contributed by atoms with Crippen LogP contribution in [0.3, 0.4) is 0 Å². The van der Waals surface area contributed by atoms with Crippen LogP contribution in [0.25, 0.3) is 11.0 Å². The van der Waals surface area contributed by atoms with Crippen LogP contribution in [0.5, 0.6) is 0 Å². The lowest BCUT2D eigenvalue weighted by molar-refractivity contribution is 0.190. The maximum atomic E-state index is 6.12. The molecule has 1 aromatic carbocycles. The number of fused-ring (bicyclic) bond motifs is 1.